The number of aromatic nitrogens is 3. The van der Waals surface area contributed by atoms with E-state index in [4.69, 9.17) is 0 Å². The Bertz CT molecular complexity index is 1260. The van der Waals surface area contributed by atoms with Crippen molar-refractivity contribution in [3.05, 3.63) is 70.1 Å². The van der Waals surface area contributed by atoms with Gasteiger partial charge in [-0.15, -0.1) is 0 Å². The summed E-state index contributed by atoms with van der Waals surface area (Å²) in [5.41, 5.74) is 1.83. The third-order valence-corrected chi connectivity index (χ3v) is 5.01. The first kappa shape index (κ1) is 18.9. The highest BCUT2D eigenvalue weighted by Crippen LogP contribution is 2.21. The maximum atomic E-state index is 12.4. The predicted octanol–water partition coefficient (Wildman–Crippen LogP) is 4.17. The summed E-state index contributed by atoms with van der Waals surface area (Å²) < 4.78 is 0. The van der Waals surface area contributed by atoms with Crippen molar-refractivity contribution in [1.29, 1.82) is 0 Å². The summed E-state index contributed by atoms with van der Waals surface area (Å²) >= 11 is 0. The van der Waals surface area contributed by atoms with E-state index < -0.39 is 5.41 Å². The fourth-order valence-corrected chi connectivity index (χ4v) is 3.34. The minimum Gasteiger partial charge on any atom is -0.343 e. The topological polar surface area (TPSA) is 90.6 Å². The molecule has 2 heterocycles. The number of hydrogen-bond donors (Lipinski definition) is 3. The molecule has 0 fully saturated rings. The SMILES string of the molecule is CC(C)(C)C(=O)Nc1nc2[nH]c(CCc3cccc4ccccc34)cc2c(=O)[nH]1. The Kier molecular flexibility index (Phi) is 4.70. The average Bonchev–Trinajstić information content (AvgIpc) is 3.09. The standard InChI is InChI=1S/C23H24N4O2/c1-23(2,3)21(29)27-22-25-19-18(20(28)26-22)13-16(24-19)12-11-15-9-6-8-14-7-4-5-10-17(14)15/h4-10,13H,11-12H2,1-3H3,(H3,24,25,26,27,28,29). The summed E-state index contributed by atoms with van der Waals surface area (Å²) in [6.07, 6.45) is 1.60. The van der Waals surface area contributed by atoms with E-state index in [2.05, 4.69) is 50.6 Å². The summed E-state index contributed by atoms with van der Waals surface area (Å²) in [4.78, 5) is 34.8. The van der Waals surface area contributed by atoms with E-state index in [1.54, 1.807) is 20.8 Å². The Morgan fingerprint density at radius 1 is 1.00 bits per heavy atom. The maximum Gasteiger partial charge on any atom is 0.261 e. The molecule has 0 atom stereocenters. The number of benzene rings is 2. The number of aromatic amines is 2. The van der Waals surface area contributed by atoms with Crippen LogP contribution in [0.4, 0.5) is 5.95 Å². The molecule has 0 spiro atoms. The van der Waals surface area contributed by atoms with Crippen LogP contribution >= 0.6 is 0 Å². The van der Waals surface area contributed by atoms with E-state index >= 15 is 0 Å². The van der Waals surface area contributed by atoms with Crippen molar-refractivity contribution < 1.29 is 4.79 Å². The lowest BCUT2D eigenvalue weighted by molar-refractivity contribution is -0.123. The Hall–Kier alpha value is -3.41. The smallest absolute Gasteiger partial charge is 0.261 e. The molecule has 2 aromatic carbocycles. The number of H-pyrrole nitrogens is 2. The minimum absolute atomic E-state index is 0.157. The van der Waals surface area contributed by atoms with E-state index in [0.717, 1.165) is 18.5 Å². The molecule has 0 aliphatic carbocycles. The van der Waals surface area contributed by atoms with Crippen molar-refractivity contribution in [2.24, 2.45) is 5.41 Å². The van der Waals surface area contributed by atoms with Crippen molar-refractivity contribution in [2.75, 3.05) is 5.32 Å². The zero-order valence-corrected chi connectivity index (χ0v) is 16.8. The van der Waals surface area contributed by atoms with Crippen LogP contribution in [0, 0.1) is 5.41 Å². The molecule has 0 bridgehead atoms. The normalized spacial score (nSPS) is 11.8. The summed E-state index contributed by atoms with van der Waals surface area (Å²) in [7, 11) is 0. The lowest BCUT2D eigenvalue weighted by atomic mass is 9.96. The second-order valence-corrected chi connectivity index (χ2v) is 8.31. The summed E-state index contributed by atoms with van der Waals surface area (Å²) in [5.74, 6) is -0.0485. The first-order chi connectivity index (χ1) is 13.8. The molecule has 3 N–H and O–H groups in total. The van der Waals surface area contributed by atoms with Crippen LogP contribution in [0.2, 0.25) is 0 Å². The number of fused-ring (bicyclic) bond motifs is 2. The summed E-state index contributed by atoms with van der Waals surface area (Å²) in [5, 5.41) is 5.63. The van der Waals surface area contributed by atoms with Crippen LogP contribution in [-0.4, -0.2) is 20.9 Å². The lowest BCUT2D eigenvalue weighted by Gasteiger charge is -2.16. The van der Waals surface area contributed by atoms with Crippen molar-refractivity contribution in [2.45, 2.75) is 33.6 Å². The van der Waals surface area contributed by atoms with Gasteiger partial charge in [0.15, 0.2) is 0 Å². The Balaban J connectivity index is 1.58. The van der Waals surface area contributed by atoms with Gasteiger partial charge in [0.2, 0.25) is 11.9 Å². The number of amides is 1. The van der Waals surface area contributed by atoms with Crippen LogP contribution in [-0.2, 0) is 17.6 Å². The molecule has 0 aliphatic rings. The molecule has 6 heteroatoms. The van der Waals surface area contributed by atoms with E-state index in [1.807, 2.05) is 18.2 Å². The van der Waals surface area contributed by atoms with Crippen LogP contribution in [0.3, 0.4) is 0 Å². The molecule has 1 amide bonds. The third-order valence-electron chi connectivity index (χ3n) is 5.01. The molecular weight excluding hydrogens is 364 g/mol. The summed E-state index contributed by atoms with van der Waals surface area (Å²) in [6.45, 7) is 5.41. The van der Waals surface area contributed by atoms with E-state index in [0.29, 0.717) is 11.0 Å². The van der Waals surface area contributed by atoms with Gasteiger partial charge in [-0.05, 0) is 35.2 Å². The van der Waals surface area contributed by atoms with E-state index in [1.165, 1.54) is 16.3 Å². The van der Waals surface area contributed by atoms with Crippen LogP contribution in [0.25, 0.3) is 21.8 Å². The van der Waals surface area contributed by atoms with Gasteiger partial charge >= 0.3 is 0 Å². The van der Waals surface area contributed by atoms with Crippen molar-refractivity contribution in [3.63, 3.8) is 0 Å². The molecule has 0 radical (unpaired) electrons. The van der Waals surface area contributed by atoms with Gasteiger partial charge in [0, 0.05) is 11.1 Å². The van der Waals surface area contributed by atoms with Gasteiger partial charge in [-0.1, -0.05) is 63.2 Å². The largest absolute Gasteiger partial charge is 0.343 e. The number of aryl methyl sites for hydroxylation is 2. The molecular formula is C23H24N4O2. The molecule has 4 aromatic rings. The molecule has 0 saturated carbocycles. The van der Waals surface area contributed by atoms with Crippen molar-refractivity contribution >= 4 is 33.7 Å². The van der Waals surface area contributed by atoms with Crippen LogP contribution in [0.5, 0.6) is 0 Å². The van der Waals surface area contributed by atoms with Gasteiger partial charge < -0.3 is 4.98 Å². The monoisotopic (exact) mass is 388 g/mol. The first-order valence-electron chi connectivity index (χ1n) is 9.71. The van der Waals surface area contributed by atoms with Gasteiger partial charge in [0.05, 0.1) is 5.39 Å². The minimum atomic E-state index is -0.577. The van der Waals surface area contributed by atoms with E-state index in [9.17, 15) is 9.59 Å². The zero-order chi connectivity index (χ0) is 20.6. The highest BCUT2D eigenvalue weighted by atomic mass is 16.2. The number of nitrogens with zero attached hydrogens (tertiary/aromatic N) is 1. The number of rotatable bonds is 4. The van der Waals surface area contributed by atoms with Gasteiger partial charge in [-0.3, -0.25) is 19.9 Å². The number of anilines is 1. The van der Waals surface area contributed by atoms with E-state index in [-0.39, 0.29) is 17.4 Å². The molecule has 148 valence electrons. The lowest BCUT2D eigenvalue weighted by Crippen LogP contribution is -2.29. The van der Waals surface area contributed by atoms with Crippen LogP contribution in [0.1, 0.15) is 32.0 Å². The Morgan fingerprint density at radius 2 is 1.76 bits per heavy atom. The number of carbonyl (C=O) groups is 1. The van der Waals surface area contributed by atoms with Gasteiger partial charge in [-0.25, -0.2) is 0 Å². The molecule has 2 aromatic heterocycles. The first-order valence-corrected chi connectivity index (χ1v) is 9.71. The number of hydrogen-bond acceptors (Lipinski definition) is 3. The van der Waals surface area contributed by atoms with Crippen LogP contribution < -0.4 is 10.9 Å². The predicted molar refractivity (Wildman–Crippen MR) is 116 cm³/mol. The Labute approximate surface area is 168 Å². The third kappa shape index (κ3) is 3.92. The summed E-state index contributed by atoms with van der Waals surface area (Å²) in [6, 6.07) is 16.5. The molecule has 4 rings (SSSR count). The van der Waals surface area contributed by atoms with Crippen molar-refractivity contribution in [3.8, 4) is 0 Å². The van der Waals surface area contributed by atoms with Crippen molar-refractivity contribution in [1.82, 2.24) is 15.0 Å². The number of carbonyl (C=O) groups excluding carboxylic acids is 1. The second kappa shape index (κ2) is 7.20. The Morgan fingerprint density at radius 3 is 2.55 bits per heavy atom. The average molecular weight is 388 g/mol. The second-order valence-electron chi connectivity index (χ2n) is 8.31. The molecule has 0 aliphatic heterocycles. The van der Waals surface area contributed by atoms with Crippen LogP contribution in [0.15, 0.2) is 53.3 Å². The zero-order valence-electron chi connectivity index (χ0n) is 16.8. The van der Waals surface area contributed by atoms with Gasteiger partial charge in [-0.2, -0.15) is 4.98 Å². The van der Waals surface area contributed by atoms with Gasteiger partial charge in [0.1, 0.15) is 5.65 Å². The highest BCUT2D eigenvalue weighted by Gasteiger charge is 2.22. The molecule has 6 nitrogen and oxygen atoms in total. The quantitative estimate of drug-likeness (QED) is 0.490. The molecule has 0 unspecified atom stereocenters. The number of nitrogens with one attached hydrogen (secondary N) is 3. The van der Waals surface area contributed by atoms with Gasteiger partial charge in [0.25, 0.3) is 5.56 Å². The fourth-order valence-electron chi connectivity index (χ4n) is 3.34. The molecule has 0 saturated heterocycles. The fraction of sp³-hybridized carbons (Fsp3) is 0.261. The maximum absolute atomic E-state index is 12.4. The molecule has 29 heavy (non-hydrogen) atoms. The highest BCUT2D eigenvalue weighted by molar-refractivity contribution is 5.93.